The zero-order valence-electron chi connectivity index (χ0n) is 22.5. The molecule has 0 aliphatic heterocycles. The third-order valence-electron chi connectivity index (χ3n) is 4.99. The summed E-state index contributed by atoms with van der Waals surface area (Å²) in [4.78, 5) is 23.0. The van der Waals surface area contributed by atoms with Crippen LogP contribution in [-0.4, -0.2) is 51.3 Å². The number of carbonyl (C=O) groups excluding carboxylic acids is 2. The minimum absolute atomic E-state index is 0.0706. The number of hydrogen-bond acceptors (Lipinski definition) is 4. The third-order valence-corrected chi connectivity index (χ3v) is 4.99. The van der Waals surface area contributed by atoms with Crippen LogP contribution in [-0.2, 0) is 19.1 Å². The highest BCUT2D eigenvalue weighted by atomic mass is 16.5. The lowest BCUT2D eigenvalue weighted by Crippen LogP contribution is -2.28. The standard InChI is InChI=1S/C24H48N2O4.C3H8/c1-3-5-6-7-8-9-10-11-12-13-14-16-24(28)26-18-20-30-22-21-29-19-17-25-23(27)15-4-2;1-3-2/h3-22H2,1-2H3,(H,25,27)(H,26,28);3H2,1-2H3. The van der Waals surface area contributed by atoms with Gasteiger partial charge in [-0.05, 0) is 12.8 Å². The van der Waals surface area contributed by atoms with Crippen molar-refractivity contribution < 1.29 is 19.1 Å². The summed E-state index contributed by atoms with van der Waals surface area (Å²) in [6.45, 7) is 11.6. The van der Waals surface area contributed by atoms with E-state index in [4.69, 9.17) is 9.47 Å². The number of carbonyl (C=O) groups is 2. The van der Waals surface area contributed by atoms with Crippen LogP contribution in [0.15, 0.2) is 0 Å². The fraction of sp³-hybridized carbons (Fsp3) is 0.926. The van der Waals surface area contributed by atoms with Crippen molar-refractivity contribution in [2.24, 2.45) is 0 Å². The molecule has 0 saturated heterocycles. The van der Waals surface area contributed by atoms with Crippen molar-refractivity contribution in [2.75, 3.05) is 39.5 Å². The predicted octanol–water partition coefficient (Wildman–Crippen LogP) is 6.17. The summed E-state index contributed by atoms with van der Waals surface area (Å²) in [5.41, 5.74) is 0. The van der Waals surface area contributed by atoms with Crippen molar-refractivity contribution in [3.63, 3.8) is 0 Å². The summed E-state index contributed by atoms with van der Waals surface area (Å²) in [5.74, 6) is 0.190. The van der Waals surface area contributed by atoms with Gasteiger partial charge in [-0.3, -0.25) is 9.59 Å². The second-order valence-electron chi connectivity index (χ2n) is 8.67. The summed E-state index contributed by atoms with van der Waals surface area (Å²) in [6.07, 6.45) is 17.5. The zero-order chi connectivity index (χ0) is 24.8. The molecule has 6 nitrogen and oxygen atoms in total. The van der Waals surface area contributed by atoms with Crippen LogP contribution in [0.4, 0.5) is 0 Å². The van der Waals surface area contributed by atoms with E-state index >= 15 is 0 Å². The van der Waals surface area contributed by atoms with Gasteiger partial charge < -0.3 is 20.1 Å². The quantitative estimate of drug-likeness (QED) is 0.174. The maximum absolute atomic E-state index is 11.8. The Labute approximate surface area is 205 Å². The molecule has 0 spiro atoms. The summed E-state index contributed by atoms with van der Waals surface area (Å²) >= 11 is 0. The Bertz CT molecular complexity index is 406. The minimum atomic E-state index is 0.0706. The SMILES string of the molecule is CCC.CCCCCCCCCCCCCC(=O)NCCOCCOCCNC(=O)CCC. The van der Waals surface area contributed by atoms with Crippen LogP contribution < -0.4 is 10.6 Å². The lowest BCUT2D eigenvalue weighted by atomic mass is 10.1. The highest BCUT2D eigenvalue weighted by Gasteiger charge is 2.01. The van der Waals surface area contributed by atoms with Crippen molar-refractivity contribution in [2.45, 2.75) is 124 Å². The molecule has 2 amide bonds. The van der Waals surface area contributed by atoms with E-state index < -0.39 is 0 Å². The van der Waals surface area contributed by atoms with Gasteiger partial charge in [-0.25, -0.2) is 0 Å². The number of ether oxygens (including phenoxy) is 2. The second-order valence-corrected chi connectivity index (χ2v) is 8.67. The summed E-state index contributed by atoms with van der Waals surface area (Å²) in [7, 11) is 0. The summed E-state index contributed by atoms with van der Waals surface area (Å²) in [6, 6.07) is 0. The predicted molar refractivity (Wildman–Crippen MR) is 140 cm³/mol. The topological polar surface area (TPSA) is 76.7 Å². The number of hydrogen-bond donors (Lipinski definition) is 2. The molecule has 0 radical (unpaired) electrons. The lowest BCUT2D eigenvalue weighted by Gasteiger charge is -2.08. The van der Waals surface area contributed by atoms with Gasteiger partial charge in [-0.1, -0.05) is 98.3 Å². The van der Waals surface area contributed by atoms with Gasteiger partial charge in [0, 0.05) is 25.9 Å². The molecular formula is C27H56N2O4. The van der Waals surface area contributed by atoms with Crippen LogP contribution in [0.1, 0.15) is 124 Å². The smallest absolute Gasteiger partial charge is 0.220 e. The fourth-order valence-electron chi connectivity index (χ4n) is 3.20. The molecule has 0 unspecified atom stereocenters. The van der Waals surface area contributed by atoms with Crippen molar-refractivity contribution >= 4 is 11.8 Å². The average Bonchev–Trinajstić information content (AvgIpc) is 2.79. The Kier molecular flexibility index (Phi) is 31.8. The first-order valence-corrected chi connectivity index (χ1v) is 13.8. The Hall–Kier alpha value is -1.14. The second kappa shape index (κ2) is 30.9. The number of nitrogens with one attached hydrogen (secondary N) is 2. The largest absolute Gasteiger partial charge is 0.377 e. The first-order valence-electron chi connectivity index (χ1n) is 13.8. The molecular weight excluding hydrogens is 416 g/mol. The third kappa shape index (κ3) is 33.1. The monoisotopic (exact) mass is 472 g/mol. The lowest BCUT2D eigenvalue weighted by molar-refractivity contribution is -0.122. The molecule has 33 heavy (non-hydrogen) atoms. The van der Waals surface area contributed by atoms with E-state index in [-0.39, 0.29) is 11.8 Å². The molecule has 0 aliphatic carbocycles. The molecule has 0 aliphatic rings. The van der Waals surface area contributed by atoms with Gasteiger partial charge in [0.2, 0.25) is 11.8 Å². The van der Waals surface area contributed by atoms with Crippen molar-refractivity contribution in [1.29, 1.82) is 0 Å². The molecule has 6 heteroatoms. The van der Waals surface area contributed by atoms with Gasteiger partial charge in [-0.2, -0.15) is 0 Å². The van der Waals surface area contributed by atoms with E-state index in [2.05, 4.69) is 31.4 Å². The molecule has 0 aromatic heterocycles. The number of amides is 2. The minimum Gasteiger partial charge on any atom is -0.377 e. The Morgan fingerprint density at radius 1 is 0.515 bits per heavy atom. The van der Waals surface area contributed by atoms with E-state index in [1.165, 1.54) is 64.2 Å². The molecule has 0 aromatic rings. The zero-order valence-corrected chi connectivity index (χ0v) is 22.5. The van der Waals surface area contributed by atoms with Crippen LogP contribution in [0.25, 0.3) is 0 Å². The molecule has 0 fully saturated rings. The Balaban J connectivity index is 0. The average molecular weight is 473 g/mol. The number of rotatable bonds is 23. The molecule has 0 aromatic carbocycles. The number of unbranched alkanes of at least 4 members (excludes halogenated alkanes) is 10. The van der Waals surface area contributed by atoms with Gasteiger partial charge >= 0.3 is 0 Å². The molecule has 0 rings (SSSR count). The highest BCUT2D eigenvalue weighted by Crippen LogP contribution is 2.11. The summed E-state index contributed by atoms with van der Waals surface area (Å²) < 4.78 is 10.8. The van der Waals surface area contributed by atoms with Crippen LogP contribution in [0.3, 0.4) is 0 Å². The fourth-order valence-corrected chi connectivity index (χ4v) is 3.20. The van der Waals surface area contributed by atoms with Gasteiger partial charge in [0.05, 0.1) is 26.4 Å². The van der Waals surface area contributed by atoms with E-state index in [0.29, 0.717) is 52.4 Å². The van der Waals surface area contributed by atoms with Gasteiger partial charge in [0.15, 0.2) is 0 Å². The first kappa shape index (κ1) is 34.0. The van der Waals surface area contributed by atoms with Crippen molar-refractivity contribution in [3.05, 3.63) is 0 Å². The Morgan fingerprint density at radius 2 is 0.909 bits per heavy atom. The van der Waals surface area contributed by atoms with Gasteiger partial charge in [0.1, 0.15) is 0 Å². The van der Waals surface area contributed by atoms with Crippen LogP contribution >= 0.6 is 0 Å². The van der Waals surface area contributed by atoms with Crippen molar-refractivity contribution in [3.8, 4) is 0 Å². The van der Waals surface area contributed by atoms with Crippen LogP contribution in [0.2, 0.25) is 0 Å². The van der Waals surface area contributed by atoms with E-state index in [9.17, 15) is 9.59 Å². The van der Waals surface area contributed by atoms with Crippen LogP contribution in [0, 0.1) is 0 Å². The van der Waals surface area contributed by atoms with Gasteiger partial charge in [0.25, 0.3) is 0 Å². The van der Waals surface area contributed by atoms with E-state index in [0.717, 1.165) is 19.3 Å². The molecule has 198 valence electrons. The molecule has 0 heterocycles. The highest BCUT2D eigenvalue weighted by molar-refractivity contribution is 5.76. The van der Waals surface area contributed by atoms with Gasteiger partial charge in [-0.15, -0.1) is 0 Å². The van der Waals surface area contributed by atoms with E-state index in [1.54, 1.807) is 0 Å². The molecule has 2 N–H and O–H groups in total. The molecule has 0 saturated carbocycles. The normalized spacial score (nSPS) is 10.4. The van der Waals surface area contributed by atoms with Crippen LogP contribution in [0.5, 0.6) is 0 Å². The molecule has 0 bridgehead atoms. The van der Waals surface area contributed by atoms with E-state index in [1.807, 2.05) is 6.92 Å². The van der Waals surface area contributed by atoms with Crippen molar-refractivity contribution in [1.82, 2.24) is 10.6 Å². The maximum atomic E-state index is 11.8. The Morgan fingerprint density at radius 3 is 1.33 bits per heavy atom. The molecule has 0 atom stereocenters. The maximum Gasteiger partial charge on any atom is 0.220 e. The summed E-state index contributed by atoms with van der Waals surface area (Å²) in [5, 5.41) is 5.70. The first-order chi connectivity index (χ1) is 16.1.